The summed E-state index contributed by atoms with van der Waals surface area (Å²) < 4.78 is 17.3. The fraction of sp³-hybridized carbons (Fsp3) is 0.632. The number of hydrogen-bond acceptors (Lipinski definition) is 6. The van der Waals surface area contributed by atoms with Crippen LogP contribution >= 0.6 is 0 Å². The van der Waals surface area contributed by atoms with Gasteiger partial charge in [-0.3, -0.25) is 9.59 Å². The van der Waals surface area contributed by atoms with E-state index in [1.54, 1.807) is 0 Å². The number of hydrogen-bond donors (Lipinski definition) is 1. The Morgan fingerprint density at radius 1 is 0.462 bits per heavy atom. The number of carbonyl (C=O) groups excluding carboxylic acids is 2. The lowest BCUT2D eigenvalue weighted by Gasteiger charge is -2.31. The second kappa shape index (κ2) is 46.5. The van der Waals surface area contributed by atoms with Gasteiger partial charge in [-0.1, -0.05) is 175 Å². The summed E-state index contributed by atoms with van der Waals surface area (Å²) in [6, 6.07) is -0.628. The molecule has 0 spiro atoms. The Kier molecular flexibility index (Phi) is 43.6. The first-order valence-corrected chi connectivity index (χ1v) is 25.4. The lowest BCUT2D eigenvalue weighted by Crippen LogP contribution is -2.50. The molecule has 1 N–H and O–H groups in total. The van der Waals surface area contributed by atoms with Gasteiger partial charge in [-0.15, -0.1) is 0 Å². The number of unbranched alkanes of at least 4 members (excludes halogenated alkanes) is 12. The van der Waals surface area contributed by atoms with Crippen molar-refractivity contribution in [3.8, 4) is 0 Å². The van der Waals surface area contributed by atoms with Gasteiger partial charge in [-0.05, 0) is 96.3 Å². The Labute approximate surface area is 398 Å². The van der Waals surface area contributed by atoms with Gasteiger partial charge >= 0.3 is 17.9 Å². The van der Waals surface area contributed by atoms with Crippen molar-refractivity contribution in [2.75, 3.05) is 41.0 Å². The van der Waals surface area contributed by atoms with E-state index in [9.17, 15) is 19.5 Å². The molecule has 0 bridgehead atoms. The summed E-state index contributed by atoms with van der Waals surface area (Å²) in [5.41, 5.74) is 0. The van der Waals surface area contributed by atoms with E-state index in [1.165, 1.54) is 38.5 Å². The zero-order valence-corrected chi connectivity index (χ0v) is 41.9. The summed E-state index contributed by atoms with van der Waals surface area (Å²) in [7, 11) is 5.51. The van der Waals surface area contributed by atoms with Gasteiger partial charge in [-0.2, -0.15) is 0 Å². The smallest absolute Gasteiger partial charge is 0.362 e. The molecule has 0 radical (unpaired) electrons. The van der Waals surface area contributed by atoms with Crippen molar-refractivity contribution in [1.82, 2.24) is 0 Å². The van der Waals surface area contributed by atoms with Crippen molar-refractivity contribution < 1.29 is 38.2 Å². The molecular formula is C57H94NO7+. The molecule has 65 heavy (non-hydrogen) atoms. The second-order valence-corrected chi connectivity index (χ2v) is 17.7. The van der Waals surface area contributed by atoms with Gasteiger partial charge in [0.15, 0.2) is 12.1 Å². The average molecular weight is 905 g/mol. The first kappa shape index (κ1) is 61.0. The van der Waals surface area contributed by atoms with Crippen LogP contribution in [0.5, 0.6) is 0 Å². The van der Waals surface area contributed by atoms with Gasteiger partial charge < -0.3 is 23.8 Å². The maximum atomic E-state index is 12.8. The number of likely N-dealkylation sites (N-methyl/N-ethyl adjacent to an activating group) is 1. The molecule has 368 valence electrons. The number of carboxylic acids is 1. The van der Waals surface area contributed by atoms with Crippen LogP contribution in [0.15, 0.2) is 109 Å². The number of esters is 2. The van der Waals surface area contributed by atoms with Gasteiger partial charge in [0.05, 0.1) is 34.4 Å². The minimum absolute atomic E-state index is 0.0409. The molecule has 0 aliphatic carbocycles. The molecule has 0 aromatic rings. The van der Waals surface area contributed by atoms with E-state index < -0.39 is 18.1 Å². The van der Waals surface area contributed by atoms with Gasteiger partial charge in [0.2, 0.25) is 0 Å². The van der Waals surface area contributed by atoms with Gasteiger partial charge in [0.1, 0.15) is 6.61 Å². The molecule has 0 aliphatic heterocycles. The fourth-order valence-electron chi connectivity index (χ4n) is 6.81. The van der Waals surface area contributed by atoms with Crippen molar-refractivity contribution in [3.63, 3.8) is 0 Å². The summed E-state index contributed by atoms with van der Waals surface area (Å²) in [6.45, 7) is 4.46. The summed E-state index contributed by atoms with van der Waals surface area (Å²) in [6.07, 6.45) is 64.2. The Morgan fingerprint density at radius 3 is 1.22 bits per heavy atom. The molecule has 0 saturated carbocycles. The molecule has 0 aromatic carbocycles. The normalized spacial score (nSPS) is 13.8. The highest BCUT2D eigenvalue weighted by atomic mass is 16.6. The molecule has 8 heteroatoms. The van der Waals surface area contributed by atoms with Gasteiger partial charge in [0, 0.05) is 19.3 Å². The van der Waals surface area contributed by atoms with Crippen molar-refractivity contribution in [2.45, 2.75) is 193 Å². The Balaban J connectivity index is 4.34. The molecule has 0 aromatic heterocycles. The van der Waals surface area contributed by atoms with E-state index in [2.05, 4.69) is 123 Å². The summed E-state index contributed by atoms with van der Waals surface area (Å²) in [5.74, 6) is -1.53. The fourth-order valence-corrected chi connectivity index (χ4v) is 6.81. The van der Waals surface area contributed by atoms with Crippen molar-refractivity contribution in [3.05, 3.63) is 109 Å². The maximum absolute atomic E-state index is 12.8. The van der Waals surface area contributed by atoms with E-state index >= 15 is 0 Å². The number of carbonyl (C=O) groups is 3. The standard InChI is InChI=1S/C57H93NO7/c1-6-8-10-12-14-16-18-20-22-24-26-27-28-30-32-34-36-38-40-42-44-46-48-56(60)65-53(51-63-50-49-54(57(61)62)58(3,4)5)52-64-55(59)47-45-43-41-39-37-35-33-31-29-25-23-21-19-17-15-13-11-9-7-2/h8-11,14-17,20-23,26-27,29,31,35,37,53-54H,6-7,12-13,18-19,24-25,28,30,32-34,36,38-52H2,1-5H3/p+1/b10-8+,11-9+,16-14+,17-15+,22-20+,23-21+,27-26+,31-29+,37-35+. The van der Waals surface area contributed by atoms with Crippen LogP contribution in [0.3, 0.4) is 0 Å². The maximum Gasteiger partial charge on any atom is 0.362 e. The molecule has 0 aliphatic rings. The lowest BCUT2D eigenvalue weighted by atomic mass is 10.1. The van der Waals surface area contributed by atoms with E-state index in [1.807, 2.05) is 21.1 Å². The molecular weight excluding hydrogens is 811 g/mol. The Morgan fingerprint density at radius 2 is 0.815 bits per heavy atom. The van der Waals surface area contributed by atoms with Crippen LogP contribution in [-0.2, 0) is 28.6 Å². The Bertz CT molecular complexity index is 1420. The number of carboxylic acid groups (broad SMARTS) is 1. The third kappa shape index (κ3) is 45.0. The molecule has 0 amide bonds. The van der Waals surface area contributed by atoms with Gasteiger partial charge in [-0.25, -0.2) is 4.79 Å². The number of nitrogens with zero attached hydrogens (tertiary/aromatic N) is 1. The van der Waals surface area contributed by atoms with Crippen molar-refractivity contribution >= 4 is 17.9 Å². The van der Waals surface area contributed by atoms with E-state index in [0.29, 0.717) is 19.3 Å². The zero-order chi connectivity index (χ0) is 47.7. The number of ether oxygens (including phenoxy) is 3. The summed E-state index contributed by atoms with van der Waals surface area (Å²) in [5, 5.41) is 9.66. The highest BCUT2D eigenvalue weighted by Gasteiger charge is 2.31. The van der Waals surface area contributed by atoms with Crippen LogP contribution < -0.4 is 0 Å². The first-order chi connectivity index (χ1) is 31.6. The second-order valence-electron chi connectivity index (χ2n) is 17.7. The van der Waals surface area contributed by atoms with Crippen LogP contribution in [0, 0.1) is 0 Å². The third-order valence-electron chi connectivity index (χ3n) is 10.7. The highest BCUT2D eigenvalue weighted by Crippen LogP contribution is 2.14. The van der Waals surface area contributed by atoms with Crippen LogP contribution in [0.1, 0.15) is 181 Å². The number of aliphatic carboxylic acids is 1. The van der Waals surface area contributed by atoms with E-state index in [4.69, 9.17) is 14.2 Å². The molecule has 2 unspecified atom stereocenters. The monoisotopic (exact) mass is 905 g/mol. The van der Waals surface area contributed by atoms with Gasteiger partial charge in [0.25, 0.3) is 0 Å². The van der Waals surface area contributed by atoms with E-state index in [-0.39, 0.29) is 36.2 Å². The number of quaternary nitrogens is 1. The predicted molar refractivity (Wildman–Crippen MR) is 275 cm³/mol. The first-order valence-electron chi connectivity index (χ1n) is 25.4. The minimum Gasteiger partial charge on any atom is -0.477 e. The average Bonchev–Trinajstić information content (AvgIpc) is 3.27. The lowest BCUT2D eigenvalue weighted by molar-refractivity contribution is -0.887. The molecule has 0 fully saturated rings. The highest BCUT2D eigenvalue weighted by molar-refractivity contribution is 5.72. The molecule has 8 nitrogen and oxygen atoms in total. The quantitative estimate of drug-likeness (QED) is 0.0281. The molecule has 0 rings (SSSR count). The topological polar surface area (TPSA) is 99.1 Å². The largest absolute Gasteiger partial charge is 0.477 e. The van der Waals surface area contributed by atoms with Crippen LogP contribution in [0.2, 0.25) is 0 Å². The number of allylic oxidation sites excluding steroid dienone is 18. The van der Waals surface area contributed by atoms with Crippen LogP contribution in [-0.4, -0.2) is 80.6 Å². The third-order valence-corrected chi connectivity index (χ3v) is 10.7. The molecule has 0 saturated heterocycles. The number of rotatable bonds is 44. The van der Waals surface area contributed by atoms with Crippen LogP contribution in [0.4, 0.5) is 0 Å². The summed E-state index contributed by atoms with van der Waals surface area (Å²) in [4.78, 5) is 37.2. The zero-order valence-electron chi connectivity index (χ0n) is 41.9. The predicted octanol–water partition coefficient (Wildman–Crippen LogP) is 14.8. The molecule has 0 heterocycles. The SMILES string of the molecule is CC/C=C/C/C=C/C/C=C/C/C=C/C/C=C/CCCCCC(=O)OCC(COCCC(C(=O)O)[N+](C)(C)C)OC(=O)CCCCCCCCCCC/C=C/C/C=C/C/C=C/C/C=C/CC. The van der Waals surface area contributed by atoms with E-state index in [0.717, 1.165) is 109 Å². The van der Waals surface area contributed by atoms with Crippen LogP contribution in [0.25, 0.3) is 0 Å². The minimum atomic E-state index is -0.885. The Hall–Kier alpha value is -4.01. The van der Waals surface area contributed by atoms with Crippen molar-refractivity contribution in [1.29, 1.82) is 0 Å². The molecule has 2 atom stereocenters. The van der Waals surface area contributed by atoms with Crippen molar-refractivity contribution in [2.24, 2.45) is 0 Å². The summed E-state index contributed by atoms with van der Waals surface area (Å²) >= 11 is 0.